The SMILES string of the molecule is CCCCCCC\C=C/C=C\C=C/CCCCCCCC(=O)OC(COC(=O)CCC/C=C\C/C=C\C/C=C\CCCCCCCC)COC(=O)CCCCCCCCC/C=C\CCCCCCCCCC. The first-order valence-electron chi connectivity index (χ1n) is 30.6. The number of allylic oxidation sites excluding steroid dienone is 14. The smallest absolute Gasteiger partial charge is 0.306 e. The van der Waals surface area contributed by atoms with E-state index in [1.165, 1.54) is 167 Å². The Labute approximate surface area is 445 Å². The van der Waals surface area contributed by atoms with Crippen LogP contribution in [0.15, 0.2) is 85.1 Å². The molecular formula is C66H114O6. The molecule has 0 heterocycles. The number of hydrogen-bond donors (Lipinski definition) is 0. The van der Waals surface area contributed by atoms with Crippen LogP contribution in [0.25, 0.3) is 0 Å². The quantitative estimate of drug-likeness (QED) is 0.0199. The third-order valence-corrected chi connectivity index (χ3v) is 13.2. The molecule has 0 aliphatic heterocycles. The minimum Gasteiger partial charge on any atom is -0.462 e. The molecule has 414 valence electrons. The van der Waals surface area contributed by atoms with E-state index in [9.17, 15) is 14.4 Å². The maximum Gasteiger partial charge on any atom is 0.306 e. The highest BCUT2D eigenvalue weighted by atomic mass is 16.6. The minimum atomic E-state index is -0.811. The van der Waals surface area contributed by atoms with Crippen molar-refractivity contribution in [1.29, 1.82) is 0 Å². The summed E-state index contributed by atoms with van der Waals surface area (Å²) in [7, 11) is 0. The molecule has 0 saturated carbocycles. The van der Waals surface area contributed by atoms with Crippen molar-refractivity contribution in [2.45, 2.75) is 303 Å². The summed E-state index contributed by atoms with van der Waals surface area (Å²) in [5.74, 6) is -0.973. The highest BCUT2D eigenvalue weighted by molar-refractivity contribution is 5.71. The van der Waals surface area contributed by atoms with Crippen LogP contribution >= 0.6 is 0 Å². The molecule has 0 radical (unpaired) electrons. The number of carbonyl (C=O) groups is 3. The molecule has 0 aromatic rings. The molecular weight excluding hydrogens is 889 g/mol. The normalized spacial score (nSPS) is 12.7. The Morgan fingerprint density at radius 3 is 0.958 bits per heavy atom. The first kappa shape index (κ1) is 68.6. The molecule has 0 spiro atoms. The van der Waals surface area contributed by atoms with Crippen molar-refractivity contribution in [3.8, 4) is 0 Å². The van der Waals surface area contributed by atoms with E-state index in [0.717, 1.165) is 83.5 Å². The summed E-state index contributed by atoms with van der Waals surface area (Å²) < 4.78 is 16.8. The fraction of sp³-hybridized carbons (Fsp3) is 0.742. The highest BCUT2D eigenvalue weighted by Gasteiger charge is 2.19. The summed E-state index contributed by atoms with van der Waals surface area (Å²) in [6.07, 6.45) is 78.7. The number of esters is 3. The second-order valence-electron chi connectivity index (χ2n) is 20.3. The van der Waals surface area contributed by atoms with Gasteiger partial charge in [-0.1, -0.05) is 260 Å². The number of unbranched alkanes of at least 4 members (excludes halogenated alkanes) is 32. The van der Waals surface area contributed by atoms with Crippen LogP contribution in [-0.2, 0) is 28.6 Å². The fourth-order valence-corrected chi connectivity index (χ4v) is 8.51. The van der Waals surface area contributed by atoms with Gasteiger partial charge in [0.2, 0.25) is 0 Å². The molecule has 1 atom stereocenters. The summed E-state index contributed by atoms with van der Waals surface area (Å²) >= 11 is 0. The van der Waals surface area contributed by atoms with Crippen molar-refractivity contribution in [2.75, 3.05) is 13.2 Å². The number of hydrogen-bond acceptors (Lipinski definition) is 6. The number of rotatable bonds is 55. The number of ether oxygens (including phenoxy) is 3. The van der Waals surface area contributed by atoms with Crippen molar-refractivity contribution >= 4 is 17.9 Å². The summed E-state index contributed by atoms with van der Waals surface area (Å²) in [6.45, 7) is 6.58. The van der Waals surface area contributed by atoms with Crippen LogP contribution in [0, 0.1) is 0 Å². The minimum absolute atomic E-state index is 0.102. The molecule has 72 heavy (non-hydrogen) atoms. The molecule has 0 fully saturated rings. The molecule has 0 aromatic heterocycles. The lowest BCUT2D eigenvalue weighted by atomic mass is 10.1. The van der Waals surface area contributed by atoms with E-state index in [-0.39, 0.29) is 37.5 Å². The zero-order chi connectivity index (χ0) is 52.2. The van der Waals surface area contributed by atoms with Gasteiger partial charge < -0.3 is 14.2 Å². The van der Waals surface area contributed by atoms with Crippen LogP contribution in [0.4, 0.5) is 0 Å². The van der Waals surface area contributed by atoms with Gasteiger partial charge in [-0.15, -0.1) is 0 Å². The van der Waals surface area contributed by atoms with Gasteiger partial charge in [0.25, 0.3) is 0 Å². The van der Waals surface area contributed by atoms with Crippen LogP contribution < -0.4 is 0 Å². The summed E-state index contributed by atoms with van der Waals surface area (Å²) in [5, 5.41) is 0. The lowest BCUT2D eigenvalue weighted by Crippen LogP contribution is -2.30. The average molecular weight is 1000 g/mol. The highest BCUT2D eigenvalue weighted by Crippen LogP contribution is 2.15. The van der Waals surface area contributed by atoms with Gasteiger partial charge in [0.1, 0.15) is 13.2 Å². The van der Waals surface area contributed by atoms with E-state index >= 15 is 0 Å². The first-order chi connectivity index (χ1) is 35.5. The van der Waals surface area contributed by atoms with Gasteiger partial charge in [0.05, 0.1) is 0 Å². The Bertz CT molecular complexity index is 1380. The first-order valence-corrected chi connectivity index (χ1v) is 30.6. The van der Waals surface area contributed by atoms with Crippen molar-refractivity contribution in [2.24, 2.45) is 0 Å². The Balaban J connectivity index is 4.49. The molecule has 0 aliphatic rings. The van der Waals surface area contributed by atoms with E-state index in [4.69, 9.17) is 14.2 Å². The van der Waals surface area contributed by atoms with Crippen molar-refractivity contribution in [1.82, 2.24) is 0 Å². The molecule has 0 amide bonds. The van der Waals surface area contributed by atoms with E-state index in [2.05, 4.69) is 106 Å². The lowest BCUT2D eigenvalue weighted by molar-refractivity contribution is -0.167. The molecule has 1 unspecified atom stereocenters. The van der Waals surface area contributed by atoms with Gasteiger partial charge in [-0.05, 0) is 103 Å². The zero-order valence-corrected chi connectivity index (χ0v) is 47.4. The van der Waals surface area contributed by atoms with E-state index in [1.54, 1.807) is 0 Å². The van der Waals surface area contributed by atoms with Gasteiger partial charge >= 0.3 is 17.9 Å². The van der Waals surface area contributed by atoms with Crippen molar-refractivity contribution in [3.05, 3.63) is 85.1 Å². The maximum absolute atomic E-state index is 12.9. The summed E-state index contributed by atoms with van der Waals surface area (Å²) in [5.41, 5.74) is 0. The molecule has 0 N–H and O–H groups in total. The standard InChI is InChI=1S/C66H114O6/c1-4-7-10-13-16-19-22-25-28-31-33-36-38-41-44-47-50-53-56-59-65(68)71-62-63(61-70-64(67)58-55-52-49-46-43-40-37-34-30-27-24-21-18-15-12-9-6-3)72-66(69)60-57-54-51-48-45-42-39-35-32-29-26-23-20-17-14-11-8-5-2/h23,26-27,29-33,35,37,39-40,46,49,63H,4-22,24-25,28,34,36,38,41-45,47-48,50-62H2,1-3H3/b26-23-,30-27-,32-29-,33-31-,39-35-,40-37-,49-46-. The summed E-state index contributed by atoms with van der Waals surface area (Å²) in [6, 6.07) is 0. The fourth-order valence-electron chi connectivity index (χ4n) is 8.51. The lowest BCUT2D eigenvalue weighted by Gasteiger charge is -2.18. The molecule has 6 nitrogen and oxygen atoms in total. The third kappa shape index (κ3) is 57.5. The topological polar surface area (TPSA) is 78.9 Å². The van der Waals surface area contributed by atoms with E-state index in [0.29, 0.717) is 19.3 Å². The predicted molar refractivity (Wildman–Crippen MR) is 311 cm³/mol. The van der Waals surface area contributed by atoms with E-state index < -0.39 is 6.10 Å². The Kier molecular flexibility index (Phi) is 57.3. The van der Waals surface area contributed by atoms with Gasteiger partial charge in [-0.3, -0.25) is 14.4 Å². The monoisotopic (exact) mass is 1000 g/mol. The molecule has 0 saturated heterocycles. The third-order valence-electron chi connectivity index (χ3n) is 13.2. The van der Waals surface area contributed by atoms with Gasteiger partial charge in [0, 0.05) is 19.3 Å². The second-order valence-corrected chi connectivity index (χ2v) is 20.3. The summed E-state index contributed by atoms with van der Waals surface area (Å²) in [4.78, 5) is 38.2. The molecule has 0 rings (SSSR count). The van der Waals surface area contributed by atoms with Crippen LogP contribution in [-0.4, -0.2) is 37.2 Å². The van der Waals surface area contributed by atoms with Crippen molar-refractivity contribution < 1.29 is 28.6 Å². The van der Waals surface area contributed by atoms with Crippen LogP contribution in [0.5, 0.6) is 0 Å². The Morgan fingerprint density at radius 1 is 0.292 bits per heavy atom. The van der Waals surface area contributed by atoms with Gasteiger partial charge in [-0.2, -0.15) is 0 Å². The van der Waals surface area contributed by atoms with Crippen LogP contribution in [0.3, 0.4) is 0 Å². The molecule has 0 aromatic carbocycles. The Hall–Kier alpha value is -3.41. The van der Waals surface area contributed by atoms with Crippen molar-refractivity contribution in [3.63, 3.8) is 0 Å². The van der Waals surface area contributed by atoms with E-state index in [1.807, 2.05) is 0 Å². The van der Waals surface area contributed by atoms with Crippen LogP contribution in [0.1, 0.15) is 297 Å². The van der Waals surface area contributed by atoms with Crippen LogP contribution in [0.2, 0.25) is 0 Å². The van der Waals surface area contributed by atoms with Gasteiger partial charge in [0.15, 0.2) is 6.10 Å². The molecule has 0 bridgehead atoms. The molecule has 6 heteroatoms. The number of carbonyl (C=O) groups excluding carboxylic acids is 3. The average Bonchev–Trinajstić information content (AvgIpc) is 3.38. The predicted octanol–water partition coefficient (Wildman–Crippen LogP) is 20.7. The second kappa shape index (κ2) is 60.1. The Morgan fingerprint density at radius 2 is 0.569 bits per heavy atom. The molecule has 0 aliphatic carbocycles. The largest absolute Gasteiger partial charge is 0.462 e. The zero-order valence-electron chi connectivity index (χ0n) is 47.4. The van der Waals surface area contributed by atoms with Gasteiger partial charge in [-0.25, -0.2) is 0 Å². The maximum atomic E-state index is 12.9.